The summed E-state index contributed by atoms with van der Waals surface area (Å²) in [6.07, 6.45) is 0. The van der Waals surface area contributed by atoms with Gasteiger partial charge in [0.1, 0.15) is 0 Å². The third-order valence-electron chi connectivity index (χ3n) is 4.46. The van der Waals surface area contributed by atoms with E-state index < -0.39 is 0 Å². The summed E-state index contributed by atoms with van der Waals surface area (Å²) in [6.45, 7) is 0. The Morgan fingerprint density at radius 3 is 2.08 bits per heavy atom. The molecule has 3 heteroatoms. The third kappa shape index (κ3) is 1.91. The minimum Gasteiger partial charge on any atom is -0.230 e. The molecule has 5 rings (SSSR count). The summed E-state index contributed by atoms with van der Waals surface area (Å²) in [4.78, 5) is 0. The smallest absolute Gasteiger partial charge is 0.0934 e. The highest BCUT2D eigenvalue weighted by molar-refractivity contribution is 14.1. The summed E-state index contributed by atoms with van der Waals surface area (Å²) in [6, 6.07) is 27.5. The van der Waals surface area contributed by atoms with Gasteiger partial charge in [-0.05, 0) is 34.0 Å². The summed E-state index contributed by atoms with van der Waals surface area (Å²) < 4.78 is 3.35. The molecule has 3 aromatic carbocycles. The lowest BCUT2D eigenvalue weighted by Gasteiger charge is -2.12. The van der Waals surface area contributed by atoms with E-state index in [4.69, 9.17) is 5.10 Å². The molecule has 0 saturated carbocycles. The van der Waals surface area contributed by atoms with E-state index >= 15 is 0 Å². The largest absolute Gasteiger partial charge is 0.230 e. The van der Waals surface area contributed by atoms with Crippen LogP contribution in [0.1, 0.15) is 0 Å². The van der Waals surface area contributed by atoms with Gasteiger partial charge in [-0.2, -0.15) is 5.10 Å². The fourth-order valence-electron chi connectivity index (χ4n) is 3.40. The molecule has 2 nitrogen and oxygen atoms in total. The summed E-state index contributed by atoms with van der Waals surface area (Å²) in [5.41, 5.74) is 4.55. The van der Waals surface area contributed by atoms with E-state index in [1.54, 1.807) is 0 Å². The minimum atomic E-state index is 1.03. The predicted octanol–water partition coefficient (Wildman–Crippen LogP) is 5.91. The van der Waals surface area contributed by atoms with Gasteiger partial charge in [-0.15, -0.1) is 0 Å². The van der Waals surface area contributed by atoms with Gasteiger partial charge in [0.05, 0.1) is 16.7 Å². The number of fused-ring (bicyclic) bond motifs is 5. The van der Waals surface area contributed by atoms with Crippen LogP contribution in [0.15, 0.2) is 78.9 Å². The summed E-state index contributed by atoms with van der Waals surface area (Å²) in [5.74, 6) is 0. The van der Waals surface area contributed by atoms with Crippen LogP contribution in [-0.4, -0.2) is 9.61 Å². The molecule has 0 radical (unpaired) electrons. The molecular formula is C21H13IN2. The molecule has 0 amide bonds. The van der Waals surface area contributed by atoms with Crippen LogP contribution in [0.4, 0.5) is 0 Å². The number of halogens is 1. The zero-order chi connectivity index (χ0) is 16.1. The first-order valence-corrected chi connectivity index (χ1v) is 8.95. The summed E-state index contributed by atoms with van der Waals surface area (Å²) >= 11 is 2.45. The lowest BCUT2D eigenvalue weighted by atomic mass is 10.0. The van der Waals surface area contributed by atoms with E-state index in [9.17, 15) is 0 Å². The maximum atomic E-state index is 4.91. The van der Waals surface area contributed by atoms with Crippen molar-refractivity contribution < 1.29 is 0 Å². The Hall–Kier alpha value is -2.40. The number of pyridine rings is 1. The van der Waals surface area contributed by atoms with Gasteiger partial charge in [-0.3, -0.25) is 0 Å². The Labute approximate surface area is 152 Å². The van der Waals surface area contributed by atoms with Gasteiger partial charge in [0.2, 0.25) is 0 Å². The van der Waals surface area contributed by atoms with E-state index in [1.165, 1.54) is 30.8 Å². The molecule has 0 saturated heterocycles. The van der Waals surface area contributed by atoms with Crippen LogP contribution in [-0.2, 0) is 0 Å². The highest BCUT2D eigenvalue weighted by atomic mass is 127. The maximum Gasteiger partial charge on any atom is 0.0934 e. The van der Waals surface area contributed by atoms with Gasteiger partial charge < -0.3 is 0 Å². The third-order valence-corrected chi connectivity index (χ3v) is 5.56. The van der Waals surface area contributed by atoms with Crippen LogP contribution in [0.5, 0.6) is 0 Å². The van der Waals surface area contributed by atoms with Crippen molar-refractivity contribution in [2.45, 2.75) is 0 Å². The molecule has 0 aliphatic carbocycles. The second-order valence-corrected chi connectivity index (χ2v) is 6.93. The van der Waals surface area contributed by atoms with Crippen LogP contribution in [0.25, 0.3) is 38.4 Å². The lowest BCUT2D eigenvalue weighted by molar-refractivity contribution is 0.992. The second kappa shape index (κ2) is 5.31. The van der Waals surface area contributed by atoms with Crippen molar-refractivity contribution in [2.24, 2.45) is 0 Å². The predicted molar refractivity (Wildman–Crippen MR) is 108 cm³/mol. The molecular weight excluding hydrogens is 407 g/mol. The van der Waals surface area contributed by atoms with Gasteiger partial charge in [-0.1, -0.05) is 72.8 Å². The quantitative estimate of drug-likeness (QED) is 0.308. The molecule has 2 aromatic heterocycles. The van der Waals surface area contributed by atoms with Crippen molar-refractivity contribution in [1.82, 2.24) is 9.61 Å². The zero-order valence-corrected chi connectivity index (χ0v) is 14.9. The van der Waals surface area contributed by atoms with Gasteiger partial charge in [0, 0.05) is 19.9 Å². The molecule has 24 heavy (non-hydrogen) atoms. The van der Waals surface area contributed by atoms with Crippen molar-refractivity contribution in [2.75, 3.05) is 0 Å². The number of aromatic nitrogens is 2. The van der Waals surface area contributed by atoms with Crippen molar-refractivity contribution in [3.05, 3.63) is 82.4 Å². The highest BCUT2D eigenvalue weighted by Gasteiger charge is 2.17. The molecule has 0 atom stereocenters. The molecule has 0 fully saturated rings. The Balaban J connectivity index is 2.10. The first kappa shape index (κ1) is 14.0. The number of rotatable bonds is 1. The van der Waals surface area contributed by atoms with Crippen LogP contribution in [0, 0.1) is 3.57 Å². The van der Waals surface area contributed by atoms with Crippen LogP contribution in [0.2, 0.25) is 0 Å². The van der Waals surface area contributed by atoms with Gasteiger partial charge in [0.15, 0.2) is 0 Å². The number of benzene rings is 3. The number of hydrogen-bond acceptors (Lipinski definition) is 1. The molecule has 114 valence electrons. The molecule has 0 spiro atoms. The van der Waals surface area contributed by atoms with Crippen LogP contribution >= 0.6 is 22.6 Å². The Morgan fingerprint density at radius 1 is 0.667 bits per heavy atom. The SMILES string of the molecule is Ic1c(-c2ccccc2)n2nc3ccccc3c2c2ccccc12. The standard InChI is InChI=1S/C21H13IN2/c22-19-15-10-4-5-11-16(15)21-17-12-6-7-13-18(17)23-24(21)20(19)14-8-2-1-3-9-14/h1-13H. The molecule has 0 aliphatic heterocycles. The summed E-state index contributed by atoms with van der Waals surface area (Å²) in [7, 11) is 0. The zero-order valence-electron chi connectivity index (χ0n) is 12.8. The number of nitrogens with zero attached hydrogens (tertiary/aromatic N) is 2. The number of hydrogen-bond donors (Lipinski definition) is 0. The van der Waals surface area contributed by atoms with Gasteiger partial charge >= 0.3 is 0 Å². The Kier molecular flexibility index (Phi) is 3.10. The first-order valence-electron chi connectivity index (χ1n) is 7.88. The van der Waals surface area contributed by atoms with Crippen molar-refractivity contribution >= 4 is 49.8 Å². The molecule has 0 unspecified atom stereocenters. The molecule has 2 heterocycles. The Bertz CT molecular complexity index is 1210. The maximum absolute atomic E-state index is 4.91. The fraction of sp³-hybridized carbons (Fsp3) is 0. The summed E-state index contributed by atoms with van der Waals surface area (Å²) in [5, 5.41) is 8.63. The molecule has 0 N–H and O–H groups in total. The monoisotopic (exact) mass is 420 g/mol. The van der Waals surface area contributed by atoms with Gasteiger partial charge in [0.25, 0.3) is 0 Å². The molecule has 0 aliphatic rings. The van der Waals surface area contributed by atoms with E-state index in [2.05, 4.69) is 93.8 Å². The van der Waals surface area contributed by atoms with Crippen molar-refractivity contribution in [3.8, 4) is 11.3 Å². The van der Waals surface area contributed by atoms with Crippen LogP contribution in [0.3, 0.4) is 0 Å². The van der Waals surface area contributed by atoms with E-state index in [1.807, 2.05) is 12.1 Å². The molecule has 0 bridgehead atoms. The van der Waals surface area contributed by atoms with E-state index in [0.29, 0.717) is 0 Å². The highest BCUT2D eigenvalue weighted by Crippen LogP contribution is 2.36. The molecule has 5 aromatic rings. The average molecular weight is 420 g/mol. The Morgan fingerprint density at radius 2 is 1.29 bits per heavy atom. The van der Waals surface area contributed by atoms with E-state index in [-0.39, 0.29) is 0 Å². The van der Waals surface area contributed by atoms with Crippen molar-refractivity contribution in [3.63, 3.8) is 0 Å². The average Bonchev–Trinajstić information content (AvgIpc) is 3.02. The normalized spacial score (nSPS) is 11.5. The van der Waals surface area contributed by atoms with Gasteiger partial charge in [-0.25, -0.2) is 4.52 Å². The lowest BCUT2D eigenvalue weighted by Crippen LogP contribution is -1.99. The van der Waals surface area contributed by atoms with E-state index in [0.717, 1.165) is 11.2 Å². The first-order chi connectivity index (χ1) is 11.8. The van der Waals surface area contributed by atoms with Crippen molar-refractivity contribution in [1.29, 1.82) is 0 Å². The van der Waals surface area contributed by atoms with Crippen LogP contribution < -0.4 is 0 Å². The minimum absolute atomic E-state index is 1.03. The second-order valence-electron chi connectivity index (χ2n) is 5.85. The topological polar surface area (TPSA) is 17.3 Å². The fourth-order valence-corrected chi connectivity index (χ4v) is 4.41.